The minimum Gasteiger partial charge on any atom is -0.384 e. The number of carbonyl (C=O) groups is 1. The van der Waals surface area contributed by atoms with E-state index in [0.29, 0.717) is 16.8 Å². The molecule has 0 fully saturated rings. The highest BCUT2D eigenvalue weighted by molar-refractivity contribution is 7.94. The summed E-state index contributed by atoms with van der Waals surface area (Å²) in [7, 11) is -3.64. The van der Waals surface area contributed by atoms with Gasteiger partial charge in [-0.3, -0.25) is 14.2 Å². The third kappa shape index (κ3) is 4.21. The third-order valence-electron chi connectivity index (χ3n) is 5.67. The Hall–Kier alpha value is -3.30. The van der Waals surface area contributed by atoms with Gasteiger partial charge in [0.1, 0.15) is 15.8 Å². The molecule has 1 aliphatic rings. The third-order valence-corrected chi connectivity index (χ3v) is 8.93. The van der Waals surface area contributed by atoms with Crippen LogP contribution < -0.4 is 10.9 Å². The molecule has 0 saturated carbocycles. The number of benzene rings is 1. The van der Waals surface area contributed by atoms with Gasteiger partial charge in [-0.1, -0.05) is 6.07 Å². The molecule has 0 unspecified atom stereocenters. The zero-order chi connectivity index (χ0) is 23.2. The molecule has 4 aromatic rings. The summed E-state index contributed by atoms with van der Waals surface area (Å²) >= 11 is 1.16. The predicted octanol–water partition coefficient (Wildman–Crippen LogP) is 3.31. The molecule has 0 saturated heterocycles. The van der Waals surface area contributed by atoms with Crippen LogP contribution in [0.4, 0.5) is 5.69 Å². The van der Waals surface area contributed by atoms with Crippen molar-refractivity contribution in [3.63, 3.8) is 0 Å². The monoisotopic (exact) mass is 479 g/mol. The van der Waals surface area contributed by atoms with Crippen LogP contribution in [-0.4, -0.2) is 36.0 Å². The SMILES string of the molecule is Cc1ccc(S(=O)(=O)CC(=O)Cc2ccc(-n3ccc4cc5c(cc4c3=O)CCN5)nc2)s1. The number of fused-ring (bicyclic) bond motifs is 2. The molecule has 0 spiro atoms. The van der Waals surface area contributed by atoms with Gasteiger partial charge in [0.15, 0.2) is 15.6 Å². The van der Waals surface area contributed by atoms with Crippen LogP contribution in [0.25, 0.3) is 16.6 Å². The van der Waals surface area contributed by atoms with Crippen molar-refractivity contribution in [2.75, 3.05) is 17.6 Å². The van der Waals surface area contributed by atoms with Gasteiger partial charge in [-0.25, -0.2) is 13.4 Å². The van der Waals surface area contributed by atoms with E-state index in [2.05, 4.69) is 10.3 Å². The number of carbonyl (C=O) groups excluding carboxylic acids is 1. The van der Waals surface area contributed by atoms with Crippen molar-refractivity contribution >= 4 is 43.4 Å². The molecular formula is C24H21N3O4S2. The first-order chi connectivity index (χ1) is 15.8. The summed E-state index contributed by atoms with van der Waals surface area (Å²) in [4.78, 5) is 30.7. The number of nitrogens with zero attached hydrogens (tertiary/aromatic N) is 2. The van der Waals surface area contributed by atoms with E-state index in [4.69, 9.17) is 0 Å². The number of thiophene rings is 1. The molecule has 9 heteroatoms. The molecule has 1 aliphatic heterocycles. The lowest BCUT2D eigenvalue weighted by Crippen LogP contribution is -2.19. The van der Waals surface area contributed by atoms with Gasteiger partial charge in [-0.2, -0.15) is 0 Å². The Morgan fingerprint density at radius 2 is 2.03 bits per heavy atom. The highest BCUT2D eigenvalue weighted by Crippen LogP contribution is 2.27. The molecule has 7 nitrogen and oxygen atoms in total. The molecule has 0 amide bonds. The van der Waals surface area contributed by atoms with Gasteiger partial charge in [0.05, 0.1) is 0 Å². The molecule has 0 radical (unpaired) electrons. The quantitative estimate of drug-likeness (QED) is 0.456. The van der Waals surface area contributed by atoms with E-state index < -0.39 is 21.4 Å². The Balaban J connectivity index is 1.35. The Kier molecular flexibility index (Phi) is 5.38. The summed E-state index contributed by atoms with van der Waals surface area (Å²) in [6, 6.07) is 12.4. The van der Waals surface area contributed by atoms with Crippen LogP contribution in [0, 0.1) is 6.92 Å². The van der Waals surface area contributed by atoms with Crippen molar-refractivity contribution in [2.45, 2.75) is 24.0 Å². The first-order valence-corrected chi connectivity index (χ1v) is 13.0. The van der Waals surface area contributed by atoms with Crippen LogP contribution in [0.2, 0.25) is 0 Å². The fourth-order valence-corrected chi connectivity index (χ4v) is 6.64. The van der Waals surface area contributed by atoms with E-state index in [1.165, 1.54) is 16.8 Å². The van der Waals surface area contributed by atoms with E-state index in [9.17, 15) is 18.0 Å². The second-order valence-electron chi connectivity index (χ2n) is 8.13. The summed E-state index contributed by atoms with van der Waals surface area (Å²) in [5.74, 6) is -0.503. The zero-order valence-corrected chi connectivity index (χ0v) is 19.5. The Morgan fingerprint density at radius 3 is 2.76 bits per heavy atom. The summed E-state index contributed by atoms with van der Waals surface area (Å²) < 4.78 is 26.6. The molecule has 3 aromatic heterocycles. The van der Waals surface area contributed by atoms with E-state index in [1.807, 2.05) is 25.1 Å². The molecule has 1 N–H and O–H groups in total. The molecule has 33 heavy (non-hydrogen) atoms. The Labute approximate surface area is 194 Å². The first-order valence-electron chi connectivity index (χ1n) is 10.5. The van der Waals surface area contributed by atoms with Gasteiger partial charge in [0.2, 0.25) is 0 Å². The number of rotatable bonds is 6. The van der Waals surface area contributed by atoms with Crippen LogP contribution in [0.1, 0.15) is 16.0 Å². The molecule has 1 aromatic carbocycles. The average molecular weight is 480 g/mol. The predicted molar refractivity (Wildman–Crippen MR) is 129 cm³/mol. The zero-order valence-electron chi connectivity index (χ0n) is 17.9. The van der Waals surface area contributed by atoms with E-state index in [1.54, 1.807) is 24.4 Å². The molecule has 4 heterocycles. The Morgan fingerprint density at radius 1 is 1.18 bits per heavy atom. The van der Waals surface area contributed by atoms with Gasteiger partial charge >= 0.3 is 0 Å². The number of sulfone groups is 1. The van der Waals surface area contributed by atoms with Crippen molar-refractivity contribution < 1.29 is 13.2 Å². The van der Waals surface area contributed by atoms with Gasteiger partial charge in [0, 0.05) is 41.3 Å². The molecule has 0 bridgehead atoms. The number of aromatic nitrogens is 2. The van der Waals surface area contributed by atoms with Crippen LogP contribution in [0.15, 0.2) is 63.9 Å². The number of anilines is 1. The maximum Gasteiger partial charge on any atom is 0.264 e. The number of nitrogens with one attached hydrogen (secondary N) is 1. The largest absolute Gasteiger partial charge is 0.384 e. The maximum absolute atomic E-state index is 13.1. The van der Waals surface area contributed by atoms with Crippen molar-refractivity contribution in [1.82, 2.24) is 9.55 Å². The van der Waals surface area contributed by atoms with Gasteiger partial charge in [-0.05, 0) is 66.3 Å². The fourth-order valence-electron chi connectivity index (χ4n) is 4.03. The number of pyridine rings is 2. The van der Waals surface area contributed by atoms with E-state index >= 15 is 0 Å². The summed E-state index contributed by atoms with van der Waals surface area (Å²) in [6.45, 7) is 2.69. The smallest absolute Gasteiger partial charge is 0.264 e. The summed E-state index contributed by atoms with van der Waals surface area (Å²) in [6.07, 6.45) is 4.05. The Bertz CT molecular complexity index is 1550. The van der Waals surface area contributed by atoms with Crippen LogP contribution >= 0.6 is 11.3 Å². The van der Waals surface area contributed by atoms with Gasteiger partial charge in [0.25, 0.3) is 5.56 Å². The van der Waals surface area contributed by atoms with Gasteiger partial charge < -0.3 is 5.32 Å². The van der Waals surface area contributed by atoms with Crippen LogP contribution in [0.5, 0.6) is 0 Å². The lowest BCUT2D eigenvalue weighted by molar-refractivity contribution is -0.116. The number of aryl methyl sites for hydroxylation is 1. The topological polar surface area (TPSA) is 98.1 Å². The average Bonchev–Trinajstić information content (AvgIpc) is 3.42. The molecular weight excluding hydrogens is 458 g/mol. The molecule has 0 atom stereocenters. The van der Waals surface area contributed by atoms with Crippen molar-refractivity contribution in [3.8, 4) is 5.82 Å². The summed E-state index contributed by atoms with van der Waals surface area (Å²) in [5, 5.41) is 4.82. The highest BCUT2D eigenvalue weighted by Gasteiger charge is 2.21. The van der Waals surface area contributed by atoms with Crippen LogP contribution in [-0.2, 0) is 27.5 Å². The maximum atomic E-state index is 13.1. The van der Waals surface area contributed by atoms with Crippen molar-refractivity contribution in [3.05, 3.63) is 81.2 Å². The number of Topliss-reactive ketones (excluding diaryl/α,β-unsaturated/α-hetero) is 1. The first kappa shape index (κ1) is 21.5. The van der Waals surface area contributed by atoms with Crippen LogP contribution in [0.3, 0.4) is 0 Å². The normalized spacial score (nSPS) is 13.1. The van der Waals surface area contributed by atoms with Crippen molar-refractivity contribution in [1.29, 1.82) is 0 Å². The number of hydrogen-bond acceptors (Lipinski definition) is 7. The standard InChI is InChI=1S/C24H21N3O4S2/c1-15-2-5-23(32-15)33(30,31)14-19(28)10-16-3-4-22(26-13-16)27-9-7-17-12-21-18(6-8-25-21)11-20(17)24(27)29/h2-5,7,9,11-13,25H,6,8,10,14H2,1H3. The number of hydrogen-bond donors (Lipinski definition) is 1. The van der Waals surface area contributed by atoms with Gasteiger partial charge in [-0.15, -0.1) is 11.3 Å². The fraction of sp³-hybridized carbons (Fsp3) is 0.208. The van der Waals surface area contributed by atoms with Crippen molar-refractivity contribution in [2.24, 2.45) is 0 Å². The minimum absolute atomic E-state index is 0.0391. The lowest BCUT2D eigenvalue weighted by Gasteiger charge is -2.09. The second-order valence-corrected chi connectivity index (χ2v) is 11.6. The minimum atomic E-state index is -3.64. The van der Waals surface area contributed by atoms with E-state index in [-0.39, 0.29) is 16.2 Å². The summed E-state index contributed by atoms with van der Waals surface area (Å²) in [5.41, 5.74) is 2.64. The lowest BCUT2D eigenvalue weighted by atomic mass is 10.1. The molecule has 0 aliphatic carbocycles. The van der Waals surface area contributed by atoms with E-state index in [0.717, 1.165) is 45.8 Å². The molecule has 5 rings (SSSR count). The highest BCUT2D eigenvalue weighted by atomic mass is 32.2. The number of ketones is 1. The second kappa shape index (κ2) is 8.24. The molecule has 168 valence electrons.